The standard InChI is InChI=1S/C25H42N4O3/c1-7-12-29(13-8-2)25(32)20-11-9-10-19(16-20)24(31)28-22(14-17(3)4)21(26)15-18(5)23(30)27-6/h9-11,16-18,21-22H,7-8,12-15,26H2,1-6H3,(H,27,30)(H,28,31). The minimum absolute atomic E-state index is 0.0572. The molecule has 1 rings (SSSR count). The average Bonchev–Trinajstić information content (AvgIpc) is 2.76. The largest absolute Gasteiger partial charge is 0.359 e. The lowest BCUT2D eigenvalue weighted by Gasteiger charge is -2.28. The fourth-order valence-corrected chi connectivity index (χ4v) is 3.86. The Labute approximate surface area is 193 Å². The number of nitrogens with zero attached hydrogens (tertiary/aromatic N) is 1. The van der Waals surface area contributed by atoms with Gasteiger partial charge >= 0.3 is 0 Å². The maximum Gasteiger partial charge on any atom is 0.253 e. The molecule has 0 aliphatic heterocycles. The molecule has 0 heterocycles. The number of benzene rings is 1. The second-order valence-electron chi connectivity index (χ2n) is 9.00. The third kappa shape index (κ3) is 8.61. The molecule has 7 heteroatoms. The van der Waals surface area contributed by atoms with E-state index in [1.165, 1.54) is 0 Å². The van der Waals surface area contributed by atoms with Crippen molar-refractivity contribution < 1.29 is 14.4 Å². The highest BCUT2D eigenvalue weighted by Crippen LogP contribution is 2.16. The van der Waals surface area contributed by atoms with Crippen molar-refractivity contribution in [1.29, 1.82) is 0 Å². The van der Waals surface area contributed by atoms with Crippen molar-refractivity contribution in [3.8, 4) is 0 Å². The van der Waals surface area contributed by atoms with E-state index < -0.39 is 0 Å². The van der Waals surface area contributed by atoms with Gasteiger partial charge in [-0.05, 0) is 49.8 Å². The zero-order valence-electron chi connectivity index (χ0n) is 20.6. The predicted molar refractivity (Wildman–Crippen MR) is 129 cm³/mol. The first-order valence-electron chi connectivity index (χ1n) is 11.8. The van der Waals surface area contributed by atoms with Gasteiger partial charge in [-0.1, -0.05) is 40.7 Å². The van der Waals surface area contributed by atoms with Gasteiger partial charge in [0.05, 0.1) is 0 Å². The van der Waals surface area contributed by atoms with E-state index in [9.17, 15) is 14.4 Å². The molecule has 1 aromatic carbocycles. The Morgan fingerprint density at radius 2 is 1.59 bits per heavy atom. The summed E-state index contributed by atoms with van der Waals surface area (Å²) < 4.78 is 0. The van der Waals surface area contributed by atoms with E-state index in [0.29, 0.717) is 43.0 Å². The molecule has 4 N–H and O–H groups in total. The van der Waals surface area contributed by atoms with Crippen molar-refractivity contribution in [3.63, 3.8) is 0 Å². The van der Waals surface area contributed by atoms with Gasteiger partial charge in [-0.3, -0.25) is 14.4 Å². The molecule has 3 atom stereocenters. The molecular formula is C25H42N4O3. The van der Waals surface area contributed by atoms with Gasteiger partial charge in [-0.2, -0.15) is 0 Å². The van der Waals surface area contributed by atoms with Crippen LogP contribution < -0.4 is 16.4 Å². The Morgan fingerprint density at radius 1 is 1.00 bits per heavy atom. The van der Waals surface area contributed by atoms with Crippen LogP contribution in [0, 0.1) is 11.8 Å². The number of carbonyl (C=O) groups is 3. The molecule has 180 valence electrons. The van der Waals surface area contributed by atoms with E-state index in [2.05, 4.69) is 24.5 Å². The van der Waals surface area contributed by atoms with E-state index >= 15 is 0 Å². The molecule has 32 heavy (non-hydrogen) atoms. The molecule has 0 fully saturated rings. The van der Waals surface area contributed by atoms with Gasteiger partial charge in [0.1, 0.15) is 0 Å². The smallest absolute Gasteiger partial charge is 0.253 e. The van der Waals surface area contributed by atoms with Gasteiger partial charge in [-0.25, -0.2) is 0 Å². The molecule has 0 aliphatic carbocycles. The number of nitrogens with one attached hydrogen (secondary N) is 2. The molecule has 0 aliphatic rings. The molecule has 3 unspecified atom stereocenters. The summed E-state index contributed by atoms with van der Waals surface area (Å²) in [7, 11) is 1.61. The van der Waals surface area contributed by atoms with E-state index in [1.54, 1.807) is 31.3 Å². The third-order valence-corrected chi connectivity index (χ3v) is 5.52. The van der Waals surface area contributed by atoms with Crippen LogP contribution in [0.1, 0.15) is 81.0 Å². The lowest BCUT2D eigenvalue weighted by atomic mass is 9.91. The first-order chi connectivity index (χ1) is 15.1. The summed E-state index contributed by atoms with van der Waals surface area (Å²) in [6.07, 6.45) is 2.94. The molecule has 7 nitrogen and oxygen atoms in total. The summed E-state index contributed by atoms with van der Waals surface area (Å²) in [4.78, 5) is 39.7. The Kier molecular flexibility index (Phi) is 12.0. The van der Waals surface area contributed by atoms with Crippen molar-refractivity contribution in [2.75, 3.05) is 20.1 Å². The second kappa shape index (κ2) is 13.9. The third-order valence-electron chi connectivity index (χ3n) is 5.52. The summed E-state index contributed by atoms with van der Waals surface area (Å²) in [6, 6.07) is 6.22. The van der Waals surface area contributed by atoms with Crippen LogP contribution in [-0.4, -0.2) is 54.8 Å². The maximum atomic E-state index is 13.0. The lowest BCUT2D eigenvalue weighted by molar-refractivity contribution is -0.124. The van der Waals surface area contributed by atoms with E-state index in [-0.39, 0.29) is 35.7 Å². The molecule has 0 radical (unpaired) electrons. The van der Waals surface area contributed by atoms with Gasteiger partial charge in [-0.15, -0.1) is 0 Å². The number of amides is 3. The van der Waals surface area contributed by atoms with Crippen molar-refractivity contribution >= 4 is 17.7 Å². The number of carbonyl (C=O) groups excluding carboxylic acids is 3. The Hall–Kier alpha value is -2.41. The van der Waals surface area contributed by atoms with Crippen molar-refractivity contribution in [1.82, 2.24) is 15.5 Å². The topological polar surface area (TPSA) is 105 Å². The summed E-state index contributed by atoms with van der Waals surface area (Å²) in [5, 5.41) is 5.69. The minimum Gasteiger partial charge on any atom is -0.359 e. The van der Waals surface area contributed by atoms with E-state index in [1.807, 2.05) is 25.7 Å². The lowest BCUT2D eigenvalue weighted by Crippen LogP contribution is -2.49. The first-order valence-corrected chi connectivity index (χ1v) is 11.8. The van der Waals surface area contributed by atoms with Gasteiger partial charge in [0, 0.05) is 49.3 Å². The van der Waals surface area contributed by atoms with Crippen LogP contribution in [0.15, 0.2) is 24.3 Å². The molecule has 0 aromatic heterocycles. The SMILES string of the molecule is CCCN(CCC)C(=O)c1cccc(C(=O)NC(CC(C)C)C(N)CC(C)C(=O)NC)c1. The fraction of sp³-hybridized carbons (Fsp3) is 0.640. The van der Waals surface area contributed by atoms with Crippen LogP contribution in [0.25, 0.3) is 0 Å². The van der Waals surface area contributed by atoms with Crippen LogP contribution in [0.5, 0.6) is 0 Å². The highest BCUT2D eigenvalue weighted by molar-refractivity contribution is 5.99. The first kappa shape index (κ1) is 27.6. The minimum atomic E-state index is -0.358. The van der Waals surface area contributed by atoms with Gasteiger partial charge in [0.2, 0.25) is 5.91 Å². The maximum absolute atomic E-state index is 13.0. The predicted octanol–water partition coefficient (Wildman–Crippen LogP) is 3.19. The Morgan fingerprint density at radius 3 is 2.12 bits per heavy atom. The quantitative estimate of drug-likeness (QED) is 0.433. The van der Waals surface area contributed by atoms with Crippen LogP contribution in [-0.2, 0) is 4.79 Å². The zero-order chi connectivity index (χ0) is 24.3. The number of hydrogen-bond acceptors (Lipinski definition) is 4. The summed E-state index contributed by atoms with van der Waals surface area (Å²) >= 11 is 0. The Balaban J connectivity index is 2.99. The summed E-state index contributed by atoms with van der Waals surface area (Å²) in [5.41, 5.74) is 7.36. The van der Waals surface area contributed by atoms with Gasteiger partial charge in [0.25, 0.3) is 11.8 Å². The fourth-order valence-electron chi connectivity index (χ4n) is 3.86. The van der Waals surface area contributed by atoms with Crippen molar-refractivity contribution in [2.24, 2.45) is 17.6 Å². The molecule has 0 spiro atoms. The highest BCUT2D eigenvalue weighted by atomic mass is 16.2. The zero-order valence-corrected chi connectivity index (χ0v) is 20.6. The monoisotopic (exact) mass is 446 g/mol. The van der Waals surface area contributed by atoms with E-state index in [4.69, 9.17) is 5.73 Å². The number of hydrogen-bond donors (Lipinski definition) is 3. The number of nitrogens with two attached hydrogens (primary N) is 1. The van der Waals surface area contributed by atoms with Crippen LogP contribution >= 0.6 is 0 Å². The van der Waals surface area contributed by atoms with Gasteiger partial charge in [0.15, 0.2) is 0 Å². The van der Waals surface area contributed by atoms with Gasteiger partial charge < -0.3 is 21.3 Å². The highest BCUT2D eigenvalue weighted by Gasteiger charge is 2.26. The van der Waals surface area contributed by atoms with Crippen molar-refractivity contribution in [2.45, 2.75) is 72.4 Å². The van der Waals surface area contributed by atoms with E-state index in [0.717, 1.165) is 12.8 Å². The molecule has 0 saturated carbocycles. The second-order valence-corrected chi connectivity index (χ2v) is 9.00. The van der Waals surface area contributed by atoms with Crippen LogP contribution in [0.4, 0.5) is 0 Å². The molecule has 0 saturated heterocycles. The number of rotatable bonds is 13. The Bertz CT molecular complexity index is 744. The van der Waals surface area contributed by atoms with Crippen LogP contribution in [0.2, 0.25) is 0 Å². The van der Waals surface area contributed by atoms with Crippen LogP contribution in [0.3, 0.4) is 0 Å². The summed E-state index contributed by atoms with van der Waals surface area (Å²) in [6.45, 7) is 11.5. The van der Waals surface area contributed by atoms with Crippen molar-refractivity contribution in [3.05, 3.63) is 35.4 Å². The molecule has 1 aromatic rings. The molecule has 3 amide bonds. The molecular weight excluding hydrogens is 404 g/mol. The molecule has 0 bridgehead atoms. The average molecular weight is 447 g/mol. The normalized spacial score (nSPS) is 13.9. The summed E-state index contributed by atoms with van der Waals surface area (Å²) in [5.74, 6) is -0.300.